The van der Waals surface area contributed by atoms with Crippen LogP contribution >= 0.6 is 0 Å². The van der Waals surface area contributed by atoms with Crippen molar-refractivity contribution < 1.29 is 0 Å². The Hall–Kier alpha value is -0.590. The monoisotopic (exact) mass is 149 g/mol. The second kappa shape index (κ2) is 2.80. The molecule has 0 radical (unpaired) electrons. The fraction of sp³-hybridized carbons (Fsp3) is 0.700. The van der Waals surface area contributed by atoms with Crippen molar-refractivity contribution in [2.45, 2.75) is 26.2 Å². The lowest BCUT2D eigenvalue weighted by molar-refractivity contribution is 0.266. The van der Waals surface area contributed by atoms with Gasteiger partial charge in [0.1, 0.15) is 0 Å². The van der Waals surface area contributed by atoms with Crippen LogP contribution in [-0.4, -0.2) is 6.21 Å². The third-order valence-electron chi connectivity index (χ3n) is 3.03. The van der Waals surface area contributed by atoms with E-state index in [0.29, 0.717) is 0 Å². The number of allylic oxidation sites excluding steroid dienone is 1. The lowest BCUT2D eigenvalue weighted by Gasteiger charge is -2.33. The average Bonchev–Trinajstić information content (AvgIpc) is 2.06. The summed E-state index contributed by atoms with van der Waals surface area (Å²) >= 11 is 0. The fourth-order valence-electron chi connectivity index (χ4n) is 2.27. The highest BCUT2D eigenvalue weighted by Crippen LogP contribution is 2.35. The molecule has 0 N–H and O–H groups in total. The van der Waals surface area contributed by atoms with Crippen molar-refractivity contribution in [3.8, 4) is 0 Å². The maximum absolute atomic E-state index is 4.21. The molecule has 1 aliphatic heterocycles. The average molecular weight is 149 g/mol. The van der Waals surface area contributed by atoms with Crippen LogP contribution in [0.4, 0.5) is 0 Å². The minimum absolute atomic E-state index is 0.744. The smallest absolute Gasteiger partial charge is 0.0227 e. The first-order valence-corrected chi connectivity index (χ1v) is 4.58. The summed E-state index contributed by atoms with van der Waals surface area (Å²) in [5.74, 6) is 2.40. The number of fused-ring (bicyclic) bond motifs is 1. The van der Waals surface area contributed by atoms with Crippen LogP contribution in [0, 0.1) is 17.8 Å². The summed E-state index contributed by atoms with van der Waals surface area (Å²) in [7, 11) is 0. The van der Waals surface area contributed by atoms with Gasteiger partial charge in [0.15, 0.2) is 0 Å². The maximum Gasteiger partial charge on any atom is 0.0227 e. The molecule has 1 fully saturated rings. The normalized spacial score (nSPS) is 42.1. The molecule has 60 valence electrons. The number of hydrogen-bond donors (Lipinski definition) is 0. The molecule has 1 aliphatic carbocycles. The highest BCUT2D eigenvalue weighted by molar-refractivity contribution is 5.64. The first-order valence-electron chi connectivity index (χ1n) is 4.58. The van der Waals surface area contributed by atoms with Crippen molar-refractivity contribution in [1.29, 1.82) is 0 Å². The Morgan fingerprint density at radius 3 is 3.09 bits per heavy atom. The van der Waals surface area contributed by atoms with Gasteiger partial charge in [0.2, 0.25) is 0 Å². The van der Waals surface area contributed by atoms with Crippen LogP contribution in [0.3, 0.4) is 0 Å². The van der Waals surface area contributed by atoms with Crippen molar-refractivity contribution in [3.05, 3.63) is 12.3 Å². The molecule has 1 heterocycles. The van der Waals surface area contributed by atoms with Crippen LogP contribution in [-0.2, 0) is 0 Å². The zero-order valence-corrected chi connectivity index (χ0v) is 7.03. The minimum Gasteiger partial charge on any atom is -0.269 e. The van der Waals surface area contributed by atoms with E-state index >= 15 is 0 Å². The molecular formula is C10H15N. The maximum atomic E-state index is 4.21. The number of hydrogen-bond acceptors (Lipinski definition) is 1. The Balaban J connectivity index is 2.14. The zero-order chi connectivity index (χ0) is 7.68. The van der Waals surface area contributed by atoms with Crippen LogP contribution in [0.1, 0.15) is 26.2 Å². The van der Waals surface area contributed by atoms with Crippen molar-refractivity contribution in [1.82, 2.24) is 0 Å². The molecule has 0 amide bonds. The highest BCUT2D eigenvalue weighted by Gasteiger charge is 2.28. The SMILES string of the molecule is CC1CCCC2C=CN=CC12. The Morgan fingerprint density at radius 1 is 1.36 bits per heavy atom. The van der Waals surface area contributed by atoms with Crippen LogP contribution < -0.4 is 0 Å². The summed E-state index contributed by atoms with van der Waals surface area (Å²) in [5.41, 5.74) is 0. The molecule has 0 saturated heterocycles. The Morgan fingerprint density at radius 2 is 2.27 bits per heavy atom. The molecule has 2 rings (SSSR count). The topological polar surface area (TPSA) is 12.4 Å². The first kappa shape index (κ1) is 7.08. The van der Waals surface area contributed by atoms with Crippen LogP contribution in [0.5, 0.6) is 0 Å². The molecule has 0 bridgehead atoms. The molecule has 2 aliphatic rings. The van der Waals surface area contributed by atoms with Gasteiger partial charge in [0.05, 0.1) is 0 Å². The number of nitrogens with zero attached hydrogens (tertiary/aromatic N) is 1. The van der Waals surface area contributed by atoms with E-state index in [1.807, 2.05) is 6.20 Å². The summed E-state index contributed by atoms with van der Waals surface area (Å²) in [4.78, 5) is 4.21. The van der Waals surface area contributed by atoms with Gasteiger partial charge >= 0.3 is 0 Å². The number of aliphatic imine (C=N–C) groups is 1. The first-order chi connectivity index (χ1) is 5.38. The fourth-order valence-corrected chi connectivity index (χ4v) is 2.27. The van der Waals surface area contributed by atoms with E-state index in [-0.39, 0.29) is 0 Å². The molecule has 0 spiro atoms. The van der Waals surface area contributed by atoms with Gasteiger partial charge in [-0.05, 0) is 18.3 Å². The van der Waals surface area contributed by atoms with E-state index < -0.39 is 0 Å². The quantitative estimate of drug-likeness (QED) is 0.502. The number of rotatable bonds is 0. The van der Waals surface area contributed by atoms with Gasteiger partial charge in [-0.2, -0.15) is 0 Å². The second-order valence-electron chi connectivity index (χ2n) is 3.79. The largest absolute Gasteiger partial charge is 0.269 e. The molecule has 11 heavy (non-hydrogen) atoms. The standard InChI is InChI=1S/C10H15N/c1-8-3-2-4-9-5-6-11-7-10(8)9/h5-10H,2-4H2,1H3. The van der Waals surface area contributed by atoms with Crippen LogP contribution in [0.25, 0.3) is 0 Å². The predicted molar refractivity (Wildman–Crippen MR) is 47.6 cm³/mol. The van der Waals surface area contributed by atoms with Gasteiger partial charge < -0.3 is 0 Å². The summed E-state index contributed by atoms with van der Waals surface area (Å²) < 4.78 is 0. The Labute approximate surface area is 68.2 Å². The van der Waals surface area contributed by atoms with Gasteiger partial charge in [-0.3, -0.25) is 4.99 Å². The third kappa shape index (κ3) is 1.24. The van der Waals surface area contributed by atoms with E-state index in [1.165, 1.54) is 19.3 Å². The van der Waals surface area contributed by atoms with E-state index in [1.54, 1.807) is 0 Å². The molecular weight excluding hydrogens is 134 g/mol. The van der Waals surface area contributed by atoms with E-state index in [9.17, 15) is 0 Å². The van der Waals surface area contributed by atoms with Crippen LogP contribution in [0.15, 0.2) is 17.3 Å². The van der Waals surface area contributed by atoms with Gasteiger partial charge in [0.25, 0.3) is 0 Å². The van der Waals surface area contributed by atoms with E-state index in [4.69, 9.17) is 0 Å². The van der Waals surface area contributed by atoms with Gasteiger partial charge in [0, 0.05) is 18.3 Å². The second-order valence-corrected chi connectivity index (χ2v) is 3.79. The molecule has 1 heteroatoms. The van der Waals surface area contributed by atoms with Crippen LogP contribution in [0.2, 0.25) is 0 Å². The molecule has 3 unspecified atom stereocenters. The van der Waals surface area contributed by atoms with E-state index in [0.717, 1.165) is 17.8 Å². The molecule has 0 aromatic rings. The lowest BCUT2D eigenvalue weighted by atomic mass is 9.73. The Bertz CT molecular complexity index is 193. The zero-order valence-electron chi connectivity index (χ0n) is 7.03. The lowest BCUT2D eigenvalue weighted by Crippen LogP contribution is -2.27. The molecule has 1 saturated carbocycles. The third-order valence-corrected chi connectivity index (χ3v) is 3.03. The highest BCUT2D eigenvalue weighted by atomic mass is 14.7. The summed E-state index contributed by atoms with van der Waals surface area (Å²) in [5, 5.41) is 0. The summed E-state index contributed by atoms with van der Waals surface area (Å²) in [6.07, 6.45) is 10.5. The van der Waals surface area contributed by atoms with E-state index in [2.05, 4.69) is 24.2 Å². The molecule has 0 aromatic heterocycles. The minimum atomic E-state index is 0.744. The molecule has 0 aromatic carbocycles. The Kier molecular flexibility index (Phi) is 1.80. The van der Waals surface area contributed by atoms with Crippen molar-refractivity contribution in [2.24, 2.45) is 22.7 Å². The van der Waals surface area contributed by atoms with Crippen molar-refractivity contribution in [3.63, 3.8) is 0 Å². The van der Waals surface area contributed by atoms with Crippen molar-refractivity contribution in [2.75, 3.05) is 0 Å². The molecule has 3 atom stereocenters. The molecule has 1 nitrogen and oxygen atoms in total. The van der Waals surface area contributed by atoms with Gasteiger partial charge in [-0.25, -0.2) is 0 Å². The summed E-state index contributed by atoms with van der Waals surface area (Å²) in [6.45, 7) is 2.35. The summed E-state index contributed by atoms with van der Waals surface area (Å²) in [6, 6.07) is 0. The predicted octanol–water partition coefficient (Wildman–Crippen LogP) is 2.64. The van der Waals surface area contributed by atoms with Gasteiger partial charge in [-0.15, -0.1) is 0 Å². The van der Waals surface area contributed by atoms with Gasteiger partial charge in [-0.1, -0.05) is 25.8 Å². The van der Waals surface area contributed by atoms with Crippen molar-refractivity contribution >= 4 is 6.21 Å².